The van der Waals surface area contributed by atoms with Gasteiger partial charge in [0.15, 0.2) is 0 Å². The van der Waals surface area contributed by atoms with Gasteiger partial charge in [-0.3, -0.25) is 0 Å². The van der Waals surface area contributed by atoms with Crippen molar-refractivity contribution < 1.29 is 17.4 Å². The summed E-state index contributed by atoms with van der Waals surface area (Å²) in [6.45, 7) is 2.36. The Balaban J connectivity index is 0.00000122. The molecule has 0 aliphatic heterocycles. The summed E-state index contributed by atoms with van der Waals surface area (Å²) in [7, 11) is 0. The Morgan fingerprint density at radius 2 is 0.938 bits per heavy atom. The molecular weight excluding hydrogens is 527 g/mol. The van der Waals surface area contributed by atoms with Crippen LogP contribution in [0.4, 0.5) is 0 Å². The van der Waals surface area contributed by atoms with Crippen molar-refractivity contribution in [3.05, 3.63) is 107 Å². The van der Waals surface area contributed by atoms with Crippen LogP contribution in [-0.4, -0.2) is 6.88 Å². The molecule has 32 heavy (non-hydrogen) atoms. The van der Waals surface area contributed by atoms with Gasteiger partial charge in [-0.2, -0.15) is 0 Å². The van der Waals surface area contributed by atoms with E-state index in [1.807, 2.05) is 0 Å². The van der Waals surface area contributed by atoms with E-state index >= 15 is 0 Å². The average molecular weight is 555 g/mol. The molecule has 0 saturated heterocycles. The van der Waals surface area contributed by atoms with Crippen molar-refractivity contribution in [2.24, 2.45) is 0 Å². The summed E-state index contributed by atoms with van der Waals surface area (Å²) in [5, 5.41) is 5.46. The maximum absolute atomic E-state index is 3.36. The molecular formula is C28H28Cl2SiZr. The maximum atomic E-state index is 2.64. The van der Waals surface area contributed by atoms with Crippen LogP contribution in [-0.2, 0) is 30.2 Å². The first-order chi connectivity index (χ1) is 14.4. The molecule has 0 radical (unpaired) electrons. The molecule has 2 aliphatic carbocycles. The van der Waals surface area contributed by atoms with Crippen molar-refractivity contribution in [1.29, 1.82) is 0 Å². The predicted octanol–water partition coefficient (Wildman–Crippen LogP) is 7.66. The number of hydrogen-bond acceptors (Lipinski definition) is 0. The summed E-state index contributed by atoms with van der Waals surface area (Å²) in [5.41, 5.74) is 6.07. The second-order valence-electron chi connectivity index (χ2n) is 10.0. The minimum atomic E-state index is -3.36. The van der Waals surface area contributed by atoms with Crippen LogP contribution < -0.4 is 0 Å². The summed E-state index contributed by atoms with van der Waals surface area (Å²) in [5.74, 6) is 0. The van der Waals surface area contributed by atoms with E-state index < -0.39 is 17.4 Å². The van der Waals surface area contributed by atoms with E-state index in [0.29, 0.717) is 0 Å². The fourth-order valence-corrected chi connectivity index (χ4v) is 19.5. The zero-order chi connectivity index (χ0) is 20.5. The van der Waals surface area contributed by atoms with E-state index in [1.54, 1.807) is 6.56 Å². The molecule has 4 aromatic rings. The van der Waals surface area contributed by atoms with Gasteiger partial charge >= 0.3 is 182 Å². The molecule has 0 saturated carbocycles. The Bertz CT molecular complexity index is 1410. The Labute approximate surface area is 205 Å². The second-order valence-corrected chi connectivity index (χ2v) is 38.4. The number of rotatable bonds is 2. The van der Waals surface area contributed by atoms with E-state index in [4.69, 9.17) is 0 Å². The van der Waals surface area contributed by atoms with E-state index in [0.717, 1.165) is 12.8 Å². The molecule has 0 amide bonds. The first-order valence-electron chi connectivity index (χ1n) is 10.9. The average Bonchev–Trinajstić information content (AvgIpc) is 3.34. The zero-order valence-electron chi connectivity index (χ0n) is 18.5. The number of halogens is 2. The van der Waals surface area contributed by atoms with Crippen molar-refractivity contribution in [1.82, 2.24) is 0 Å². The number of benzene rings is 4. The molecule has 2 aliphatic rings. The minimum absolute atomic E-state index is 0. The third-order valence-electron chi connectivity index (χ3n) is 7.30. The van der Waals surface area contributed by atoms with Crippen LogP contribution in [0.1, 0.15) is 22.3 Å². The fourth-order valence-electron chi connectivity index (χ4n) is 5.72. The molecule has 0 heterocycles. The molecule has 0 fully saturated rings. The van der Waals surface area contributed by atoms with Crippen LogP contribution in [0.5, 0.6) is 0 Å². The Morgan fingerprint density at radius 1 is 0.594 bits per heavy atom. The molecule has 0 bridgehead atoms. The summed E-state index contributed by atoms with van der Waals surface area (Å²) in [6.07, 6.45) is 7.30. The van der Waals surface area contributed by atoms with Crippen LogP contribution in [0.15, 0.2) is 84.9 Å². The standard InChI is InChI=1S/2C13H9.2CH3.2ClH.H2Si.Zr/c2*1-2-5-11-9-13-7-3-6-12(13)8-10(11)4-1;;;;;;/h2*1-5,8-9H,6H2;2*1H3;2*1H;1H2;. The molecule has 6 rings (SSSR count). The van der Waals surface area contributed by atoms with Crippen molar-refractivity contribution in [2.75, 3.05) is 0 Å². The van der Waals surface area contributed by atoms with Crippen LogP contribution in [0, 0.1) is 0 Å². The van der Waals surface area contributed by atoms with E-state index in [1.165, 1.54) is 43.8 Å². The van der Waals surface area contributed by atoms with Crippen molar-refractivity contribution in [3.8, 4) is 0 Å². The molecule has 162 valence electrons. The van der Waals surface area contributed by atoms with Gasteiger partial charge in [0.1, 0.15) is 0 Å². The van der Waals surface area contributed by atoms with E-state index in [2.05, 4.69) is 101 Å². The van der Waals surface area contributed by atoms with Crippen LogP contribution in [0.3, 0.4) is 0 Å². The zero-order valence-corrected chi connectivity index (χ0v) is 24.0. The summed E-state index contributed by atoms with van der Waals surface area (Å²) < 4.78 is 8.66. The van der Waals surface area contributed by atoms with Gasteiger partial charge in [-0.1, -0.05) is 0 Å². The molecule has 0 atom stereocenters. The first kappa shape index (κ1) is 23.7. The van der Waals surface area contributed by atoms with Gasteiger partial charge in [-0.15, -0.1) is 24.8 Å². The molecule has 0 N–H and O–H groups in total. The van der Waals surface area contributed by atoms with Crippen molar-refractivity contribution in [3.63, 3.8) is 0 Å². The van der Waals surface area contributed by atoms with Gasteiger partial charge in [-0.05, 0) is 0 Å². The molecule has 0 spiro atoms. The predicted molar refractivity (Wildman–Crippen MR) is 146 cm³/mol. The van der Waals surface area contributed by atoms with Gasteiger partial charge in [0, 0.05) is 0 Å². The van der Waals surface area contributed by atoms with Gasteiger partial charge in [-0.25, -0.2) is 0 Å². The SMILES string of the molecule is Cl.Cl.[CH3][Zr]([CH3])(=[SiH2])([C]1=CCc2cc3ccccc3cc21)[C]1=CCc2cc3ccccc3cc21. The van der Waals surface area contributed by atoms with Crippen molar-refractivity contribution >= 4 is 59.8 Å². The topological polar surface area (TPSA) is 0 Å². The Kier molecular flexibility index (Phi) is 6.00. The third-order valence-corrected chi connectivity index (χ3v) is 22.6. The molecule has 0 unspecified atom stereocenters. The molecule has 4 aromatic carbocycles. The van der Waals surface area contributed by atoms with Gasteiger partial charge in [0.05, 0.1) is 0 Å². The van der Waals surface area contributed by atoms with Crippen LogP contribution in [0.25, 0.3) is 28.1 Å². The van der Waals surface area contributed by atoms with E-state index in [9.17, 15) is 0 Å². The van der Waals surface area contributed by atoms with Crippen LogP contribution in [0.2, 0.25) is 9.26 Å². The normalized spacial score (nSPS) is 14.8. The summed E-state index contributed by atoms with van der Waals surface area (Å²) in [4.78, 5) is 0. The van der Waals surface area contributed by atoms with Crippen molar-refractivity contribution in [2.45, 2.75) is 22.1 Å². The molecule has 0 nitrogen and oxygen atoms in total. The fraction of sp³-hybridized carbons (Fsp3) is 0.143. The van der Waals surface area contributed by atoms with Gasteiger partial charge in [0.25, 0.3) is 0 Å². The first-order valence-corrected chi connectivity index (χ1v) is 24.2. The molecule has 0 aromatic heterocycles. The van der Waals surface area contributed by atoms with Crippen LogP contribution >= 0.6 is 24.8 Å². The summed E-state index contributed by atoms with van der Waals surface area (Å²) >= 11 is -3.36. The number of allylic oxidation sites excluding steroid dienone is 2. The molecule has 4 heteroatoms. The number of hydrogen-bond donors (Lipinski definition) is 0. The third kappa shape index (κ3) is 3.51. The monoisotopic (exact) mass is 552 g/mol. The van der Waals surface area contributed by atoms with Gasteiger partial charge < -0.3 is 0 Å². The Morgan fingerprint density at radius 3 is 1.31 bits per heavy atom. The quantitative estimate of drug-likeness (QED) is 0.223. The summed E-state index contributed by atoms with van der Waals surface area (Å²) in [6, 6.07) is 27.4. The number of fused-ring (bicyclic) bond motifs is 4. The van der Waals surface area contributed by atoms with Gasteiger partial charge in [0.2, 0.25) is 0 Å². The second kappa shape index (κ2) is 8.10. The Hall–Kier alpha value is -1.44. The van der Waals surface area contributed by atoms with E-state index in [-0.39, 0.29) is 24.8 Å².